The molecule has 0 amide bonds. The molecular weight excluding hydrogens is 252 g/mol. The van der Waals surface area contributed by atoms with Gasteiger partial charge in [-0.05, 0) is 47.9 Å². The topological polar surface area (TPSA) is 20.2 Å². The summed E-state index contributed by atoms with van der Waals surface area (Å²) in [5.41, 5.74) is 3.21. The van der Waals surface area contributed by atoms with Gasteiger partial charge in [0.25, 0.3) is 0 Å². The molecule has 0 bridgehead atoms. The van der Waals surface area contributed by atoms with Gasteiger partial charge in [0.1, 0.15) is 5.75 Å². The van der Waals surface area contributed by atoms with Crippen LogP contribution in [0.1, 0.15) is 5.56 Å². The fraction of sp³-hybridized carbons (Fsp3) is 0.0769. The van der Waals surface area contributed by atoms with Gasteiger partial charge in [0.05, 0.1) is 0 Å². The number of aromatic hydroxyl groups is 1. The second kappa shape index (κ2) is 4.07. The molecular formula is C13H11BrO. The molecule has 0 aliphatic carbocycles. The van der Waals surface area contributed by atoms with Crippen LogP contribution in [0, 0.1) is 6.92 Å². The van der Waals surface area contributed by atoms with E-state index in [4.69, 9.17) is 0 Å². The first-order chi connectivity index (χ1) is 7.15. The molecule has 0 saturated heterocycles. The standard InChI is InChI=1S/C13H11BrO/c1-9-6-11(8-13(15)7-9)10-2-4-12(14)5-3-10/h2-8,15H,1H3. The number of halogens is 1. The van der Waals surface area contributed by atoms with E-state index >= 15 is 0 Å². The SMILES string of the molecule is Cc1cc(O)cc(-c2ccc(Br)cc2)c1. The Morgan fingerprint density at radius 3 is 2.20 bits per heavy atom. The van der Waals surface area contributed by atoms with E-state index in [1.54, 1.807) is 12.1 Å². The zero-order chi connectivity index (χ0) is 10.8. The van der Waals surface area contributed by atoms with Crippen molar-refractivity contribution in [3.05, 3.63) is 52.5 Å². The molecule has 0 heterocycles. The van der Waals surface area contributed by atoms with Crippen molar-refractivity contribution < 1.29 is 5.11 Å². The Hall–Kier alpha value is -1.28. The first kappa shape index (κ1) is 10.2. The van der Waals surface area contributed by atoms with Gasteiger partial charge in [0.2, 0.25) is 0 Å². The van der Waals surface area contributed by atoms with Crippen LogP contribution in [0.3, 0.4) is 0 Å². The van der Waals surface area contributed by atoms with Crippen molar-refractivity contribution in [2.24, 2.45) is 0 Å². The normalized spacial score (nSPS) is 10.3. The van der Waals surface area contributed by atoms with Gasteiger partial charge in [-0.3, -0.25) is 0 Å². The molecule has 0 fully saturated rings. The molecule has 2 heteroatoms. The van der Waals surface area contributed by atoms with Crippen LogP contribution in [0.25, 0.3) is 11.1 Å². The summed E-state index contributed by atoms with van der Waals surface area (Å²) >= 11 is 3.40. The second-order valence-electron chi connectivity index (χ2n) is 3.56. The molecule has 2 aromatic rings. The highest BCUT2D eigenvalue weighted by Gasteiger charge is 2.00. The predicted molar refractivity (Wildman–Crippen MR) is 66.0 cm³/mol. The highest BCUT2D eigenvalue weighted by Crippen LogP contribution is 2.26. The van der Waals surface area contributed by atoms with E-state index in [-0.39, 0.29) is 0 Å². The van der Waals surface area contributed by atoms with Gasteiger partial charge in [-0.1, -0.05) is 34.1 Å². The molecule has 0 unspecified atom stereocenters. The van der Waals surface area contributed by atoms with Crippen molar-refractivity contribution in [2.75, 3.05) is 0 Å². The molecule has 1 nitrogen and oxygen atoms in total. The molecule has 2 aromatic carbocycles. The van der Waals surface area contributed by atoms with Gasteiger partial charge in [0, 0.05) is 4.47 Å². The highest BCUT2D eigenvalue weighted by molar-refractivity contribution is 9.10. The smallest absolute Gasteiger partial charge is 0.116 e. The van der Waals surface area contributed by atoms with Crippen LogP contribution in [-0.2, 0) is 0 Å². The molecule has 0 aliphatic heterocycles. The Bertz CT molecular complexity index is 454. The average Bonchev–Trinajstić information content (AvgIpc) is 2.17. The fourth-order valence-electron chi connectivity index (χ4n) is 1.57. The van der Waals surface area contributed by atoms with Crippen molar-refractivity contribution in [3.8, 4) is 16.9 Å². The summed E-state index contributed by atoms with van der Waals surface area (Å²) in [6.07, 6.45) is 0. The summed E-state index contributed by atoms with van der Waals surface area (Å²) in [4.78, 5) is 0. The third-order valence-electron chi connectivity index (χ3n) is 2.24. The molecule has 0 aliphatic rings. The predicted octanol–water partition coefficient (Wildman–Crippen LogP) is 4.13. The molecule has 0 aromatic heterocycles. The molecule has 0 saturated carbocycles. The average molecular weight is 263 g/mol. The zero-order valence-electron chi connectivity index (χ0n) is 8.37. The van der Waals surface area contributed by atoms with Crippen LogP contribution < -0.4 is 0 Å². The number of aryl methyl sites for hydroxylation is 1. The third-order valence-corrected chi connectivity index (χ3v) is 2.77. The number of hydrogen-bond acceptors (Lipinski definition) is 1. The Morgan fingerprint density at radius 1 is 0.933 bits per heavy atom. The molecule has 2 rings (SSSR count). The third kappa shape index (κ3) is 2.39. The maximum absolute atomic E-state index is 9.50. The van der Waals surface area contributed by atoms with Crippen molar-refractivity contribution >= 4 is 15.9 Å². The number of hydrogen-bond donors (Lipinski definition) is 1. The summed E-state index contributed by atoms with van der Waals surface area (Å²) < 4.78 is 1.06. The Balaban J connectivity index is 2.49. The molecule has 0 radical (unpaired) electrons. The first-order valence-electron chi connectivity index (χ1n) is 4.72. The summed E-state index contributed by atoms with van der Waals surface area (Å²) in [6, 6.07) is 13.6. The maximum Gasteiger partial charge on any atom is 0.116 e. The van der Waals surface area contributed by atoms with Crippen LogP contribution in [-0.4, -0.2) is 5.11 Å². The number of benzene rings is 2. The van der Waals surface area contributed by atoms with E-state index in [1.807, 2.05) is 31.2 Å². The summed E-state index contributed by atoms with van der Waals surface area (Å²) in [5.74, 6) is 0.313. The lowest BCUT2D eigenvalue weighted by atomic mass is 10.0. The van der Waals surface area contributed by atoms with Crippen molar-refractivity contribution in [3.63, 3.8) is 0 Å². The maximum atomic E-state index is 9.50. The van der Waals surface area contributed by atoms with Crippen LogP contribution in [0.5, 0.6) is 5.75 Å². The summed E-state index contributed by atoms with van der Waals surface area (Å²) in [5, 5.41) is 9.50. The Kier molecular flexibility index (Phi) is 2.78. The van der Waals surface area contributed by atoms with Gasteiger partial charge >= 0.3 is 0 Å². The van der Waals surface area contributed by atoms with E-state index in [9.17, 15) is 5.11 Å². The molecule has 76 valence electrons. The number of rotatable bonds is 1. The highest BCUT2D eigenvalue weighted by atomic mass is 79.9. The Labute approximate surface area is 97.5 Å². The Morgan fingerprint density at radius 2 is 1.60 bits per heavy atom. The van der Waals surface area contributed by atoms with Gasteiger partial charge in [-0.15, -0.1) is 0 Å². The molecule has 0 spiro atoms. The minimum absolute atomic E-state index is 0.313. The molecule has 15 heavy (non-hydrogen) atoms. The fourth-order valence-corrected chi connectivity index (χ4v) is 1.84. The van der Waals surface area contributed by atoms with Gasteiger partial charge in [0.15, 0.2) is 0 Å². The van der Waals surface area contributed by atoms with E-state index < -0.39 is 0 Å². The van der Waals surface area contributed by atoms with Crippen molar-refractivity contribution in [1.29, 1.82) is 0 Å². The number of phenolic OH excluding ortho intramolecular Hbond substituents is 1. The lowest BCUT2D eigenvalue weighted by Gasteiger charge is -2.04. The van der Waals surface area contributed by atoms with Crippen molar-refractivity contribution in [2.45, 2.75) is 6.92 Å². The van der Waals surface area contributed by atoms with Gasteiger partial charge < -0.3 is 5.11 Å². The molecule has 1 N–H and O–H groups in total. The lowest BCUT2D eigenvalue weighted by Crippen LogP contribution is -1.79. The summed E-state index contributed by atoms with van der Waals surface area (Å²) in [6.45, 7) is 1.97. The first-order valence-corrected chi connectivity index (χ1v) is 5.51. The zero-order valence-corrected chi connectivity index (χ0v) is 9.95. The summed E-state index contributed by atoms with van der Waals surface area (Å²) in [7, 11) is 0. The molecule has 0 atom stereocenters. The minimum Gasteiger partial charge on any atom is -0.508 e. The van der Waals surface area contributed by atoms with Crippen molar-refractivity contribution in [1.82, 2.24) is 0 Å². The monoisotopic (exact) mass is 262 g/mol. The minimum atomic E-state index is 0.313. The van der Waals surface area contributed by atoms with Gasteiger partial charge in [-0.2, -0.15) is 0 Å². The van der Waals surface area contributed by atoms with E-state index in [0.717, 1.165) is 21.2 Å². The quantitative estimate of drug-likeness (QED) is 0.820. The van der Waals surface area contributed by atoms with Crippen LogP contribution in [0.15, 0.2) is 46.9 Å². The lowest BCUT2D eigenvalue weighted by molar-refractivity contribution is 0.475. The number of phenols is 1. The largest absolute Gasteiger partial charge is 0.508 e. The van der Waals surface area contributed by atoms with Crippen LogP contribution >= 0.6 is 15.9 Å². The van der Waals surface area contributed by atoms with E-state index in [2.05, 4.69) is 22.0 Å². The van der Waals surface area contributed by atoms with Crippen LogP contribution in [0.2, 0.25) is 0 Å². The van der Waals surface area contributed by atoms with E-state index in [1.165, 1.54) is 0 Å². The van der Waals surface area contributed by atoms with Gasteiger partial charge in [-0.25, -0.2) is 0 Å². The van der Waals surface area contributed by atoms with Crippen LogP contribution in [0.4, 0.5) is 0 Å². The second-order valence-corrected chi connectivity index (χ2v) is 4.48. The van der Waals surface area contributed by atoms with E-state index in [0.29, 0.717) is 5.75 Å².